The monoisotopic (exact) mass is 439 g/mol. The predicted octanol–water partition coefficient (Wildman–Crippen LogP) is 4.89. The molecular formula is C24H29N3O3S. The first-order chi connectivity index (χ1) is 15.1. The second kappa shape index (κ2) is 10.2. The topological polar surface area (TPSA) is 83.4 Å². The maximum absolute atomic E-state index is 12.8. The van der Waals surface area contributed by atoms with Crippen LogP contribution in [0.15, 0.2) is 24.3 Å². The van der Waals surface area contributed by atoms with Crippen LogP contribution in [0.3, 0.4) is 0 Å². The smallest absolute Gasteiger partial charge is 0.247 e. The Kier molecular flexibility index (Phi) is 7.10. The van der Waals surface area contributed by atoms with E-state index >= 15 is 0 Å². The van der Waals surface area contributed by atoms with Crippen molar-refractivity contribution in [3.05, 3.63) is 40.3 Å². The van der Waals surface area contributed by atoms with Gasteiger partial charge in [0.25, 0.3) is 0 Å². The minimum atomic E-state index is -0.438. The van der Waals surface area contributed by atoms with Gasteiger partial charge in [-0.25, -0.2) is 0 Å². The highest BCUT2D eigenvalue weighted by Gasteiger charge is 2.22. The van der Waals surface area contributed by atoms with Gasteiger partial charge >= 0.3 is 0 Å². The van der Waals surface area contributed by atoms with Gasteiger partial charge in [0.15, 0.2) is 0 Å². The predicted molar refractivity (Wildman–Crippen MR) is 123 cm³/mol. The van der Waals surface area contributed by atoms with Gasteiger partial charge in [0.1, 0.15) is 29.5 Å². The van der Waals surface area contributed by atoms with E-state index in [9.17, 15) is 10.1 Å². The molecule has 2 unspecified atom stereocenters. The van der Waals surface area contributed by atoms with Crippen LogP contribution in [-0.4, -0.2) is 31.3 Å². The summed E-state index contributed by atoms with van der Waals surface area (Å²) in [5.41, 5.74) is 2.63. The Balaban J connectivity index is 1.33. The quantitative estimate of drug-likeness (QED) is 0.601. The Morgan fingerprint density at radius 3 is 2.81 bits per heavy atom. The number of anilines is 2. The van der Waals surface area contributed by atoms with Crippen LogP contribution in [0.25, 0.3) is 0 Å². The van der Waals surface area contributed by atoms with Gasteiger partial charge in [-0.3, -0.25) is 4.79 Å². The number of thiophene rings is 1. The minimum absolute atomic E-state index is 0.147. The molecule has 1 saturated heterocycles. The number of amides is 1. The van der Waals surface area contributed by atoms with Gasteiger partial charge in [-0.05, 0) is 75.3 Å². The Bertz CT molecular complexity index is 942. The molecule has 2 aliphatic rings. The van der Waals surface area contributed by atoms with E-state index in [0.717, 1.165) is 62.1 Å². The number of fused-ring (bicyclic) bond motifs is 1. The maximum atomic E-state index is 12.8. The number of hydrogen-bond donors (Lipinski definition) is 2. The molecule has 0 saturated carbocycles. The van der Waals surface area contributed by atoms with E-state index in [0.29, 0.717) is 17.2 Å². The van der Waals surface area contributed by atoms with Gasteiger partial charge in [0, 0.05) is 17.2 Å². The van der Waals surface area contributed by atoms with Crippen LogP contribution in [0.5, 0.6) is 5.75 Å². The standard InChI is InChI=1S/C24H29N3O3S/c1-16(26-17-9-11-18(12-10-17)30-15-19-6-5-13-29-19)23(28)27-24-21(14-25)20-7-3-2-4-8-22(20)31-24/h9-12,16,19,26H,2-8,13,15H2,1H3,(H,27,28). The van der Waals surface area contributed by atoms with Gasteiger partial charge < -0.3 is 20.1 Å². The number of rotatable bonds is 7. The fourth-order valence-corrected chi connectivity index (χ4v) is 5.34. The molecule has 0 bridgehead atoms. The normalized spacial score (nSPS) is 19.0. The number of carbonyl (C=O) groups excluding carboxylic acids is 1. The zero-order chi connectivity index (χ0) is 21.6. The van der Waals surface area contributed by atoms with Crippen molar-refractivity contribution in [1.82, 2.24) is 0 Å². The van der Waals surface area contributed by atoms with Crippen LogP contribution in [0, 0.1) is 11.3 Å². The summed E-state index contributed by atoms with van der Waals surface area (Å²) in [7, 11) is 0. The van der Waals surface area contributed by atoms with Gasteiger partial charge in [0.2, 0.25) is 5.91 Å². The fraction of sp³-hybridized carbons (Fsp3) is 0.500. The summed E-state index contributed by atoms with van der Waals surface area (Å²) in [5, 5.41) is 16.5. The molecule has 2 heterocycles. The van der Waals surface area contributed by atoms with Crippen molar-refractivity contribution in [3.63, 3.8) is 0 Å². The van der Waals surface area contributed by atoms with E-state index in [4.69, 9.17) is 9.47 Å². The van der Waals surface area contributed by atoms with Crippen LogP contribution >= 0.6 is 11.3 Å². The van der Waals surface area contributed by atoms with Gasteiger partial charge in [-0.15, -0.1) is 11.3 Å². The highest BCUT2D eigenvalue weighted by Crippen LogP contribution is 2.37. The molecule has 1 fully saturated rings. The molecule has 1 amide bonds. The average molecular weight is 440 g/mol. The second-order valence-electron chi connectivity index (χ2n) is 8.21. The van der Waals surface area contributed by atoms with E-state index in [-0.39, 0.29) is 12.0 Å². The lowest BCUT2D eigenvalue weighted by molar-refractivity contribution is -0.116. The average Bonchev–Trinajstić information content (AvgIpc) is 3.35. The summed E-state index contributed by atoms with van der Waals surface area (Å²) >= 11 is 1.56. The van der Waals surface area contributed by atoms with Crippen molar-refractivity contribution in [1.29, 1.82) is 5.26 Å². The zero-order valence-electron chi connectivity index (χ0n) is 17.9. The van der Waals surface area contributed by atoms with E-state index < -0.39 is 6.04 Å². The SMILES string of the molecule is CC(Nc1ccc(OCC2CCCO2)cc1)C(=O)Nc1sc2c(c1C#N)CCCCC2. The second-order valence-corrected chi connectivity index (χ2v) is 9.31. The summed E-state index contributed by atoms with van der Waals surface area (Å²) in [4.78, 5) is 14.0. The van der Waals surface area contributed by atoms with Gasteiger partial charge in [-0.1, -0.05) is 6.42 Å². The number of benzene rings is 1. The lowest BCUT2D eigenvalue weighted by Gasteiger charge is -2.16. The van der Waals surface area contributed by atoms with Crippen LogP contribution in [0.1, 0.15) is 55.0 Å². The van der Waals surface area contributed by atoms with Crippen LogP contribution in [-0.2, 0) is 22.4 Å². The summed E-state index contributed by atoms with van der Waals surface area (Å²) in [6.45, 7) is 3.21. The molecule has 1 aliphatic carbocycles. The Morgan fingerprint density at radius 2 is 2.06 bits per heavy atom. The Morgan fingerprint density at radius 1 is 1.26 bits per heavy atom. The fourth-order valence-electron chi connectivity index (χ4n) is 4.10. The molecule has 6 nitrogen and oxygen atoms in total. The zero-order valence-corrected chi connectivity index (χ0v) is 18.7. The Labute approximate surface area is 187 Å². The molecule has 1 aromatic heterocycles. The van der Waals surface area contributed by atoms with E-state index in [1.807, 2.05) is 31.2 Å². The van der Waals surface area contributed by atoms with Crippen LogP contribution in [0.2, 0.25) is 0 Å². The molecule has 7 heteroatoms. The Hall–Kier alpha value is -2.56. The third kappa shape index (κ3) is 5.38. The number of ether oxygens (including phenoxy) is 2. The van der Waals surface area contributed by atoms with Crippen molar-refractivity contribution in [2.24, 2.45) is 0 Å². The van der Waals surface area contributed by atoms with Gasteiger partial charge in [-0.2, -0.15) is 5.26 Å². The molecule has 1 aromatic carbocycles. The maximum Gasteiger partial charge on any atom is 0.247 e. The van der Waals surface area contributed by atoms with Gasteiger partial charge in [0.05, 0.1) is 11.7 Å². The van der Waals surface area contributed by atoms with Crippen molar-refractivity contribution >= 4 is 27.9 Å². The number of carbonyl (C=O) groups is 1. The third-order valence-electron chi connectivity index (χ3n) is 5.86. The number of nitrogens with one attached hydrogen (secondary N) is 2. The molecule has 164 valence electrons. The lowest BCUT2D eigenvalue weighted by Crippen LogP contribution is -2.31. The van der Waals surface area contributed by atoms with Crippen molar-refractivity contribution < 1.29 is 14.3 Å². The van der Waals surface area contributed by atoms with E-state index in [1.165, 1.54) is 11.3 Å². The molecule has 2 N–H and O–H groups in total. The van der Waals surface area contributed by atoms with Crippen LogP contribution < -0.4 is 15.4 Å². The van der Waals surface area contributed by atoms with Crippen molar-refractivity contribution in [3.8, 4) is 11.8 Å². The first-order valence-electron chi connectivity index (χ1n) is 11.1. The van der Waals surface area contributed by atoms with Crippen molar-refractivity contribution in [2.45, 2.75) is 64.0 Å². The number of hydrogen-bond acceptors (Lipinski definition) is 6. The third-order valence-corrected chi connectivity index (χ3v) is 7.07. The number of nitriles is 1. The first kappa shape index (κ1) is 21.7. The molecular weight excluding hydrogens is 410 g/mol. The number of aryl methyl sites for hydroxylation is 1. The lowest BCUT2D eigenvalue weighted by atomic mass is 10.1. The molecule has 2 atom stereocenters. The molecule has 2 aromatic rings. The summed E-state index contributed by atoms with van der Waals surface area (Å²) < 4.78 is 11.4. The van der Waals surface area contributed by atoms with E-state index in [1.54, 1.807) is 11.3 Å². The molecule has 1 aliphatic heterocycles. The molecule has 4 rings (SSSR count). The highest BCUT2D eigenvalue weighted by molar-refractivity contribution is 7.16. The number of nitrogens with zero attached hydrogens (tertiary/aromatic N) is 1. The highest BCUT2D eigenvalue weighted by atomic mass is 32.1. The van der Waals surface area contributed by atoms with Crippen molar-refractivity contribution in [2.75, 3.05) is 23.8 Å². The van der Waals surface area contributed by atoms with E-state index in [2.05, 4.69) is 16.7 Å². The first-order valence-corrected chi connectivity index (χ1v) is 11.9. The summed E-state index contributed by atoms with van der Waals surface area (Å²) in [6, 6.07) is 9.48. The largest absolute Gasteiger partial charge is 0.491 e. The van der Waals surface area contributed by atoms with Crippen LogP contribution in [0.4, 0.5) is 10.7 Å². The minimum Gasteiger partial charge on any atom is -0.491 e. The summed E-state index contributed by atoms with van der Waals surface area (Å²) in [5.74, 6) is 0.642. The summed E-state index contributed by atoms with van der Waals surface area (Å²) in [6.07, 6.45) is 7.72. The molecule has 31 heavy (non-hydrogen) atoms. The molecule has 0 radical (unpaired) electrons. The molecule has 0 spiro atoms.